The van der Waals surface area contributed by atoms with Crippen LogP contribution in [0.4, 0.5) is 17.1 Å². The van der Waals surface area contributed by atoms with E-state index in [0.29, 0.717) is 17.2 Å². The van der Waals surface area contributed by atoms with Gasteiger partial charge in [-0.3, -0.25) is 14.9 Å². The SMILES string of the molecule is O=C(CNc1cccc([N+](=O)[O-])c1S(=O)(=O)c1ccccc1)Nc1ccc(Oc2ccccc2)cc1. The number of nitrogens with zero attached hydrogens (tertiary/aromatic N) is 1. The van der Waals surface area contributed by atoms with E-state index in [1.807, 2.05) is 30.3 Å². The maximum absolute atomic E-state index is 13.2. The van der Waals surface area contributed by atoms with Gasteiger partial charge in [-0.25, -0.2) is 8.42 Å². The molecule has 0 atom stereocenters. The molecule has 0 aromatic heterocycles. The quantitative estimate of drug-likeness (QED) is 0.235. The summed E-state index contributed by atoms with van der Waals surface area (Å²) in [5.41, 5.74) is -0.133. The molecular weight excluding hydrogens is 482 g/mol. The summed E-state index contributed by atoms with van der Waals surface area (Å²) in [5.74, 6) is 0.794. The molecule has 0 bridgehead atoms. The third kappa shape index (κ3) is 5.68. The lowest BCUT2D eigenvalue weighted by Crippen LogP contribution is -2.22. The minimum Gasteiger partial charge on any atom is -0.457 e. The summed E-state index contributed by atoms with van der Waals surface area (Å²) >= 11 is 0. The number of anilines is 2. The standard InChI is InChI=1S/C26H21N3O6S/c30-25(28-19-14-16-21(17-15-19)35-20-8-3-1-4-9-20)18-27-23-12-7-13-24(29(31)32)26(23)36(33,34)22-10-5-2-6-11-22/h1-17,27H,18H2,(H,28,30). The molecule has 0 heterocycles. The number of carbonyl (C=O) groups is 1. The van der Waals surface area contributed by atoms with Crippen LogP contribution in [0.3, 0.4) is 0 Å². The zero-order valence-corrected chi connectivity index (χ0v) is 19.6. The van der Waals surface area contributed by atoms with Crippen molar-refractivity contribution in [2.45, 2.75) is 9.79 Å². The van der Waals surface area contributed by atoms with Gasteiger partial charge in [-0.05, 0) is 54.6 Å². The van der Waals surface area contributed by atoms with Gasteiger partial charge < -0.3 is 15.4 Å². The highest BCUT2D eigenvalue weighted by atomic mass is 32.2. The highest BCUT2D eigenvalue weighted by Crippen LogP contribution is 2.35. The average molecular weight is 504 g/mol. The first kappa shape index (κ1) is 24.4. The van der Waals surface area contributed by atoms with E-state index in [0.717, 1.165) is 6.07 Å². The second kappa shape index (κ2) is 10.7. The third-order valence-corrected chi connectivity index (χ3v) is 6.93. The smallest absolute Gasteiger partial charge is 0.290 e. The van der Waals surface area contributed by atoms with E-state index in [2.05, 4.69) is 10.6 Å². The Hall–Kier alpha value is -4.70. The molecule has 2 N–H and O–H groups in total. The number of nitro groups is 1. The predicted molar refractivity (Wildman–Crippen MR) is 135 cm³/mol. The van der Waals surface area contributed by atoms with E-state index in [4.69, 9.17) is 4.74 Å². The summed E-state index contributed by atoms with van der Waals surface area (Å²) in [6.07, 6.45) is 0. The molecule has 0 spiro atoms. The second-order valence-corrected chi connectivity index (χ2v) is 9.46. The molecule has 0 aliphatic heterocycles. The van der Waals surface area contributed by atoms with Gasteiger partial charge in [0.15, 0.2) is 4.90 Å². The van der Waals surface area contributed by atoms with Crippen LogP contribution >= 0.6 is 0 Å². The van der Waals surface area contributed by atoms with Gasteiger partial charge in [0, 0.05) is 11.8 Å². The molecule has 36 heavy (non-hydrogen) atoms. The van der Waals surface area contributed by atoms with E-state index < -0.39 is 31.3 Å². The van der Waals surface area contributed by atoms with Crippen molar-refractivity contribution in [2.24, 2.45) is 0 Å². The van der Waals surface area contributed by atoms with Crippen LogP contribution in [-0.2, 0) is 14.6 Å². The summed E-state index contributed by atoms with van der Waals surface area (Å²) in [7, 11) is -4.23. The number of sulfone groups is 1. The van der Waals surface area contributed by atoms with E-state index in [-0.39, 0.29) is 17.1 Å². The minimum absolute atomic E-state index is 0.0465. The zero-order chi connectivity index (χ0) is 25.5. The number of nitrogens with one attached hydrogen (secondary N) is 2. The third-order valence-electron chi connectivity index (χ3n) is 5.07. The summed E-state index contributed by atoms with van der Waals surface area (Å²) in [4.78, 5) is 22.8. The number of hydrogen-bond acceptors (Lipinski definition) is 7. The van der Waals surface area contributed by atoms with Gasteiger partial charge in [-0.1, -0.05) is 42.5 Å². The van der Waals surface area contributed by atoms with Gasteiger partial charge in [0.2, 0.25) is 15.7 Å². The molecule has 0 aliphatic carbocycles. The highest BCUT2D eigenvalue weighted by Gasteiger charge is 2.31. The molecule has 182 valence electrons. The molecule has 4 aromatic rings. The van der Waals surface area contributed by atoms with E-state index in [1.165, 1.54) is 36.4 Å². The van der Waals surface area contributed by atoms with Gasteiger partial charge in [0.1, 0.15) is 11.5 Å². The first-order valence-corrected chi connectivity index (χ1v) is 12.3. The lowest BCUT2D eigenvalue weighted by Gasteiger charge is -2.13. The van der Waals surface area contributed by atoms with Gasteiger partial charge in [0.05, 0.1) is 22.1 Å². The van der Waals surface area contributed by atoms with E-state index in [9.17, 15) is 23.3 Å². The first-order chi connectivity index (χ1) is 17.3. The van der Waals surface area contributed by atoms with Crippen LogP contribution in [0.2, 0.25) is 0 Å². The molecule has 0 unspecified atom stereocenters. The fourth-order valence-corrected chi connectivity index (χ4v) is 5.02. The fraction of sp³-hybridized carbons (Fsp3) is 0.0385. The molecule has 0 saturated carbocycles. The number of carbonyl (C=O) groups excluding carboxylic acids is 1. The fourth-order valence-electron chi connectivity index (χ4n) is 3.42. The summed E-state index contributed by atoms with van der Waals surface area (Å²) in [6, 6.07) is 27.2. The molecule has 0 fully saturated rings. The number of nitro benzene ring substituents is 1. The Morgan fingerprint density at radius 1 is 0.806 bits per heavy atom. The summed E-state index contributed by atoms with van der Waals surface area (Å²) in [5, 5.41) is 17.0. The van der Waals surface area contributed by atoms with Crippen molar-refractivity contribution in [3.05, 3.63) is 113 Å². The molecule has 1 amide bonds. The zero-order valence-electron chi connectivity index (χ0n) is 18.8. The molecule has 4 aromatic carbocycles. The van der Waals surface area contributed by atoms with Crippen molar-refractivity contribution in [3.8, 4) is 11.5 Å². The Bertz CT molecular complexity index is 1480. The van der Waals surface area contributed by atoms with Crippen molar-refractivity contribution < 1.29 is 22.9 Å². The minimum atomic E-state index is -4.23. The second-order valence-electron chi connectivity index (χ2n) is 7.57. The molecule has 10 heteroatoms. The number of hydrogen-bond donors (Lipinski definition) is 2. The molecule has 4 rings (SSSR count). The maximum atomic E-state index is 13.2. The Kier molecular flexibility index (Phi) is 7.26. The normalized spacial score (nSPS) is 10.9. The van der Waals surface area contributed by atoms with E-state index >= 15 is 0 Å². The van der Waals surface area contributed by atoms with Gasteiger partial charge in [0.25, 0.3) is 5.69 Å². The average Bonchev–Trinajstić information content (AvgIpc) is 2.89. The van der Waals surface area contributed by atoms with Crippen molar-refractivity contribution in [1.29, 1.82) is 0 Å². The maximum Gasteiger partial charge on any atom is 0.290 e. The van der Waals surface area contributed by atoms with Gasteiger partial charge in [-0.15, -0.1) is 0 Å². The number of rotatable bonds is 9. The predicted octanol–water partition coefficient (Wildman–Crippen LogP) is 5.27. The Labute approximate surface area is 207 Å². The van der Waals surface area contributed by atoms with Crippen molar-refractivity contribution in [1.82, 2.24) is 0 Å². The van der Waals surface area contributed by atoms with Crippen LogP contribution in [0.1, 0.15) is 0 Å². The molecule has 0 aliphatic rings. The first-order valence-electron chi connectivity index (χ1n) is 10.8. The van der Waals surface area contributed by atoms with Gasteiger partial charge in [-0.2, -0.15) is 0 Å². The van der Waals surface area contributed by atoms with Crippen molar-refractivity contribution >= 4 is 32.8 Å². The van der Waals surface area contributed by atoms with Crippen LogP contribution in [0, 0.1) is 10.1 Å². The summed E-state index contributed by atoms with van der Waals surface area (Å²) < 4.78 is 32.2. The molecule has 0 saturated heterocycles. The Balaban J connectivity index is 1.48. The molecule has 9 nitrogen and oxygen atoms in total. The number of benzene rings is 4. The van der Waals surface area contributed by atoms with Gasteiger partial charge >= 0.3 is 0 Å². The van der Waals surface area contributed by atoms with Crippen LogP contribution in [0.25, 0.3) is 0 Å². The monoisotopic (exact) mass is 503 g/mol. The van der Waals surface area contributed by atoms with Crippen molar-refractivity contribution in [3.63, 3.8) is 0 Å². The lowest BCUT2D eigenvalue weighted by atomic mass is 10.2. The molecule has 0 radical (unpaired) electrons. The number of amides is 1. The van der Waals surface area contributed by atoms with E-state index in [1.54, 1.807) is 30.3 Å². The van der Waals surface area contributed by atoms with Crippen molar-refractivity contribution in [2.75, 3.05) is 17.2 Å². The van der Waals surface area contributed by atoms with Crippen LogP contribution in [0.15, 0.2) is 113 Å². The number of para-hydroxylation sites is 1. The van der Waals surface area contributed by atoms with Crippen LogP contribution < -0.4 is 15.4 Å². The topological polar surface area (TPSA) is 128 Å². The molecular formula is C26H21N3O6S. The summed E-state index contributed by atoms with van der Waals surface area (Å²) in [6.45, 7) is -0.319. The highest BCUT2D eigenvalue weighted by molar-refractivity contribution is 7.91. The van der Waals surface area contributed by atoms with Crippen LogP contribution in [0.5, 0.6) is 11.5 Å². The number of ether oxygens (including phenoxy) is 1. The lowest BCUT2D eigenvalue weighted by molar-refractivity contribution is -0.387. The van der Waals surface area contributed by atoms with Crippen LogP contribution in [-0.4, -0.2) is 25.8 Å². The Morgan fingerprint density at radius 2 is 1.42 bits per heavy atom. The Morgan fingerprint density at radius 3 is 2.06 bits per heavy atom. The largest absolute Gasteiger partial charge is 0.457 e.